The standard InChI is InChI=1S/C40H38N3.Ir/c1-28-26-32(29-14-9-7-10-15-29)22-25-36(28)43-37(41-42-38(43)40(5,6)35-18-11-8-12-19-35)33-17-13-16-31(27-33)30-20-23-34(24-21-30)39(2,3)4;/h7-16,18-27H,1-6H3;/q-1;. The molecule has 3 nitrogen and oxygen atoms in total. The molecule has 0 spiro atoms. The Morgan fingerprint density at radius 2 is 1.18 bits per heavy atom. The zero-order valence-corrected chi connectivity index (χ0v) is 28.6. The Balaban J connectivity index is 0.00000384. The van der Waals surface area contributed by atoms with Crippen LogP contribution < -0.4 is 0 Å². The average molecular weight is 753 g/mol. The number of aryl methyl sites for hydroxylation is 1. The first-order valence-electron chi connectivity index (χ1n) is 14.9. The van der Waals surface area contributed by atoms with Gasteiger partial charge in [-0.2, -0.15) is 5.10 Å². The zero-order chi connectivity index (χ0) is 30.2. The van der Waals surface area contributed by atoms with Gasteiger partial charge < -0.3 is 4.57 Å². The quantitative estimate of drug-likeness (QED) is 0.159. The fraction of sp³-hybridized carbons (Fsp3) is 0.200. The molecule has 0 saturated heterocycles. The van der Waals surface area contributed by atoms with Crippen LogP contribution in [-0.2, 0) is 30.9 Å². The summed E-state index contributed by atoms with van der Waals surface area (Å²) in [6.07, 6.45) is 0. The van der Waals surface area contributed by atoms with Crippen LogP contribution in [0.5, 0.6) is 0 Å². The van der Waals surface area contributed by atoms with Crippen LogP contribution >= 0.6 is 0 Å². The Morgan fingerprint density at radius 3 is 1.82 bits per heavy atom. The van der Waals surface area contributed by atoms with Crippen molar-refractivity contribution in [3.8, 4) is 39.3 Å². The molecule has 223 valence electrons. The summed E-state index contributed by atoms with van der Waals surface area (Å²) in [6.45, 7) is 13.3. The first-order chi connectivity index (χ1) is 20.6. The van der Waals surface area contributed by atoms with Crippen molar-refractivity contribution >= 4 is 0 Å². The minimum absolute atomic E-state index is 0. The number of nitrogens with zero attached hydrogens (tertiary/aromatic N) is 3. The maximum atomic E-state index is 4.87. The Labute approximate surface area is 275 Å². The van der Waals surface area contributed by atoms with Gasteiger partial charge in [0.1, 0.15) is 5.82 Å². The smallest absolute Gasteiger partial charge is 0.138 e. The maximum Gasteiger partial charge on any atom is 0.138 e. The Hall–Kier alpha value is -4.11. The van der Waals surface area contributed by atoms with Crippen molar-refractivity contribution in [2.45, 2.75) is 52.4 Å². The van der Waals surface area contributed by atoms with Crippen LogP contribution in [0.4, 0.5) is 0 Å². The van der Waals surface area contributed by atoms with Gasteiger partial charge in [-0.3, -0.25) is 0 Å². The summed E-state index contributed by atoms with van der Waals surface area (Å²) in [4.78, 5) is 0. The fourth-order valence-electron chi connectivity index (χ4n) is 5.73. The summed E-state index contributed by atoms with van der Waals surface area (Å²) in [5.41, 5.74) is 10.0. The van der Waals surface area contributed by atoms with E-state index in [9.17, 15) is 0 Å². The van der Waals surface area contributed by atoms with E-state index in [1.165, 1.54) is 27.8 Å². The fourth-order valence-corrected chi connectivity index (χ4v) is 5.73. The van der Waals surface area contributed by atoms with Crippen LogP contribution in [0.25, 0.3) is 39.3 Å². The molecule has 1 radical (unpaired) electrons. The molecule has 6 aromatic rings. The molecule has 1 aromatic heterocycles. The number of hydrogen-bond acceptors (Lipinski definition) is 2. The predicted molar refractivity (Wildman–Crippen MR) is 179 cm³/mol. The van der Waals surface area contributed by atoms with Crippen LogP contribution in [0.15, 0.2) is 121 Å². The molecule has 0 fully saturated rings. The Kier molecular flexibility index (Phi) is 8.88. The van der Waals surface area contributed by atoms with Crippen molar-refractivity contribution in [2.24, 2.45) is 0 Å². The molecule has 1 heterocycles. The van der Waals surface area contributed by atoms with Crippen LogP contribution in [0.1, 0.15) is 57.1 Å². The third kappa shape index (κ3) is 6.11. The average Bonchev–Trinajstić information content (AvgIpc) is 3.47. The SMILES string of the molecule is Cc1cc(-c2ccccc2)ccc1-n1c(-c2[c-]ccc(-c3ccc(C(C)(C)C)cc3)c2)nnc1C(C)(C)c1ccccc1.[Ir]. The van der Waals surface area contributed by atoms with Gasteiger partial charge >= 0.3 is 0 Å². The van der Waals surface area contributed by atoms with Crippen molar-refractivity contribution in [3.63, 3.8) is 0 Å². The molecule has 0 N–H and O–H groups in total. The third-order valence-corrected chi connectivity index (χ3v) is 8.39. The van der Waals surface area contributed by atoms with Gasteiger partial charge in [-0.1, -0.05) is 112 Å². The van der Waals surface area contributed by atoms with Crippen LogP contribution in [0, 0.1) is 13.0 Å². The van der Waals surface area contributed by atoms with E-state index in [1.807, 2.05) is 6.07 Å². The van der Waals surface area contributed by atoms with Crippen molar-refractivity contribution in [3.05, 3.63) is 150 Å². The summed E-state index contributed by atoms with van der Waals surface area (Å²) >= 11 is 0. The normalized spacial score (nSPS) is 11.7. The summed E-state index contributed by atoms with van der Waals surface area (Å²) in [5.74, 6) is 1.67. The van der Waals surface area contributed by atoms with E-state index in [-0.39, 0.29) is 25.5 Å². The van der Waals surface area contributed by atoms with Gasteiger partial charge in [0.15, 0.2) is 0 Å². The second kappa shape index (κ2) is 12.5. The first-order valence-corrected chi connectivity index (χ1v) is 14.9. The minimum atomic E-state index is -0.391. The van der Waals surface area contributed by atoms with Gasteiger partial charge in [0.05, 0.1) is 5.82 Å². The molecule has 0 aliphatic rings. The molecule has 6 rings (SSSR count). The Morgan fingerprint density at radius 1 is 0.591 bits per heavy atom. The van der Waals surface area contributed by atoms with E-state index in [1.54, 1.807) is 0 Å². The van der Waals surface area contributed by atoms with Crippen molar-refractivity contribution < 1.29 is 20.1 Å². The van der Waals surface area contributed by atoms with Gasteiger partial charge in [-0.25, -0.2) is 0 Å². The molecule has 0 aliphatic carbocycles. The Bertz CT molecular complexity index is 1860. The van der Waals surface area contributed by atoms with Gasteiger partial charge in [0, 0.05) is 31.2 Å². The summed E-state index contributed by atoms with van der Waals surface area (Å²) in [7, 11) is 0. The minimum Gasteiger partial charge on any atom is -0.319 e. The van der Waals surface area contributed by atoms with Crippen molar-refractivity contribution in [1.82, 2.24) is 14.8 Å². The first kappa shape index (κ1) is 31.3. The van der Waals surface area contributed by atoms with Gasteiger partial charge in [-0.05, 0) is 71.7 Å². The van der Waals surface area contributed by atoms with E-state index in [4.69, 9.17) is 10.2 Å². The van der Waals surface area contributed by atoms with E-state index in [0.717, 1.165) is 34.0 Å². The zero-order valence-electron chi connectivity index (χ0n) is 26.2. The third-order valence-electron chi connectivity index (χ3n) is 8.39. The largest absolute Gasteiger partial charge is 0.319 e. The van der Waals surface area contributed by atoms with Crippen LogP contribution in [0.2, 0.25) is 0 Å². The second-order valence-corrected chi connectivity index (χ2v) is 12.9. The molecular formula is C40H38IrN3-. The molecule has 0 bridgehead atoms. The molecule has 0 aliphatic heterocycles. The van der Waals surface area contributed by atoms with E-state index in [0.29, 0.717) is 0 Å². The molecule has 44 heavy (non-hydrogen) atoms. The van der Waals surface area contributed by atoms with Crippen LogP contribution in [0.3, 0.4) is 0 Å². The summed E-state index contributed by atoms with van der Waals surface area (Å²) < 4.78 is 2.23. The van der Waals surface area contributed by atoms with Crippen molar-refractivity contribution in [2.75, 3.05) is 0 Å². The van der Waals surface area contributed by atoms with Crippen LogP contribution in [-0.4, -0.2) is 14.8 Å². The van der Waals surface area contributed by atoms with Gasteiger partial charge in [-0.15, -0.1) is 40.5 Å². The molecule has 0 saturated carbocycles. The number of rotatable bonds is 6. The molecule has 0 unspecified atom stereocenters. The maximum absolute atomic E-state index is 4.87. The molecule has 4 heteroatoms. The molecule has 0 amide bonds. The molecule has 5 aromatic carbocycles. The topological polar surface area (TPSA) is 30.7 Å². The van der Waals surface area contributed by atoms with Gasteiger partial charge in [0.25, 0.3) is 0 Å². The van der Waals surface area contributed by atoms with E-state index >= 15 is 0 Å². The number of benzene rings is 5. The summed E-state index contributed by atoms with van der Waals surface area (Å²) in [5, 5.41) is 9.71. The van der Waals surface area contributed by atoms with E-state index in [2.05, 4.69) is 167 Å². The summed E-state index contributed by atoms with van der Waals surface area (Å²) in [6, 6.07) is 46.4. The van der Waals surface area contributed by atoms with E-state index < -0.39 is 5.41 Å². The molecule has 0 atom stereocenters. The van der Waals surface area contributed by atoms with Crippen molar-refractivity contribution in [1.29, 1.82) is 0 Å². The number of hydrogen-bond donors (Lipinski definition) is 0. The second-order valence-electron chi connectivity index (χ2n) is 12.9. The van der Waals surface area contributed by atoms with Gasteiger partial charge in [0.2, 0.25) is 0 Å². The molecular weight excluding hydrogens is 715 g/mol. The predicted octanol–water partition coefficient (Wildman–Crippen LogP) is 10.00. The number of aromatic nitrogens is 3. The monoisotopic (exact) mass is 753 g/mol.